The first-order chi connectivity index (χ1) is 8.15. The average molecular weight is 250 g/mol. The molecule has 90 valence electrons. The number of carbonyl (C=O) groups is 1. The van der Waals surface area contributed by atoms with Crippen molar-refractivity contribution in [1.29, 1.82) is 0 Å². The molecule has 0 atom stereocenters. The van der Waals surface area contributed by atoms with Gasteiger partial charge in [-0.3, -0.25) is 4.79 Å². The first-order valence-electron chi connectivity index (χ1n) is 5.13. The van der Waals surface area contributed by atoms with Gasteiger partial charge in [-0.15, -0.1) is 0 Å². The highest BCUT2D eigenvalue weighted by Crippen LogP contribution is 2.28. The lowest BCUT2D eigenvalue weighted by atomic mass is 10.2. The van der Waals surface area contributed by atoms with E-state index in [4.69, 9.17) is 4.74 Å². The van der Waals surface area contributed by atoms with E-state index in [1.165, 1.54) is 25.8 Å². The van der Waals surface area contributed by atoms with Crippen LogP contribution < -0.4 is 4.74 Å². The van der Waals surface area contributed by atoms with E-state index in [1.54, 1.807) is 18.2 Å². The van der Waals surface area contributed by atoms with Crippen molar-refractivity contribution in [3.63, 3.8) is 0 Å². The van der Waals surface area contributed by atoms with Gasteiger partial charge in [-0.1, -0.05) is 29.7 Å². The second-order valence-electron chi connectivity index (χ2n) is 3.25. The van der Waals surface area contributed by atoms with Crippen LogP contribution in [0.15, 0.2) is 18.2 Å². The molecule has 0 radical (unpaired) electrons. The first kappa shape index (κ1) is 13.5. The van der Waals surface area contributed by atoms with Gasteiger partial charge in [0.2, 0.25) is 0 Å². The molecule has 1 rings (SSSR count). The molecule has 0 aliphatic heterocycles. The summed E-state index contributed by atoms with van der Waals surface area (Å²) in [6.07, 6.45) is 0.612. The molecule has 1 aromatic rings. The molecule has 0 unspecified atom stereocenters. The summed E-state index contributed by atoms with van der Waals surface area (Å²) in [5.41, 5.74) is 0.539. The van der Waals surface area contributed by atoms with Gasteiger partial charge < -0.3 is 9.84 Å². The Bertz CT molecular complexity index is 457. The number of aromatic hydroxyl groups is 1. The maximum absolute atomic E-state index is 10.7. The molecule has 0 aliphatic carbocycles. The summed E-state index contributed by atoms with van der Waals surface area (Å²) in [5, 5.41) is 9.84. The molecule has 1 N–H and O–H groups in total. The Morgan fingerprint density at radius 3 is 2.94 bits per heavy atom. The van der Waals surface area contributed by atoms with E-state index in [-0.39, 0.29) is 10.9 Å². The van der Waals surface area contributed by atoms with Gasteiger partial charge in [0, 0.05) is 19.1 Å². The van der Waals surface area contributed by atoms with Crippen molar-refractivity contribution in [3.05, 3.63) is 23.8 Å². The maximum atomic E-state index is 10.7. The SMILES string of the molecule is COc1cccc(C#CCCSC(C)=O)c1O. The molecule has 0 heterocycles. The summed E-state index contributed by atoms with van der Waals surface area (Å²) in [7, 11) is 1.50. The zero-order valence-electron chi connectivity index (χ0n) is 9.82. The monoisotopic (exact) mass is 250 g/mol. The van der Waals surface area contributed by atoms with Gasteiger partial charge in [0.1, 0.15) is 0 Å². The Hall–Kier alpha value is -1.60. The molecule has 0 saturated heterocycles. The highest BCUT2D eigenvalue weighted by molar-refractivity contribution is 8.13. The molecular weight excluding hydrogens is 236 g/mol. The van der Waals surface area contributed by atoms with Crippen molar-refractivity contribution in [3.8, 4) is 23.3 Å². The third-order valence-electron chi connectivity index (χ3n) is 1.97. The number of hydrogen-bond acceptors (Lipinski definition) is 4. The fourth-order valence-electron chi connectivity index (χ4n) is 1.19. The fourth-order valence-corrected chi connectivity index (χ4v) is 1.68. The minimum atomic E-state index is 0.0571. The summed E-state index contributed by atoms with van der Waals surface area (Å²) in [6.45, 7) is 1.53. The normalized spacial score (nSPS) is 9.29. The van der Waals surface area contributed by atoms with Crippen molar-refractivity contribution in [1.82, 2.24) is 0 Å². The number of carbonyl (C=O) groups excluding carboxylic acids is 1. The Morgan fingerprint density at radius 1 is 1.53 bits per heavy atom. The standard InChI is InChI=1S/C13H14O3S/c1-10(14)17-9-4-3-6-11-7-5-8-12(16-2)13(11)15/h5,7-8,15H,4,9H2,1-2H3. The van der Waals surface area contributed by atoms with Crippen LogP contribution in [0.1, 0.15) is 18.9 Å². The van der Waals surface area contributed by atoms with Crippen molar-refractivity contribution >= 4 is 16.9 Å². The van der Waals surface area contributed by atoms with E-state index in [9.17, 15) is 9.90 Å². The summed E-state index contributed by atoms with van der Waals surface area (Å²) >= 11 is 1.25. The first-order valence-corrected chi connectivity index (χ1v) is 6.12. The molecular formula is C13H14O3S. The lowest BCUT2D eigenvalue weighted by molar-refractivity contribution is -0.109. The Labute approximate surface area is 105 Å². The van der Waals surface area contributed by atoms with Crippen LogP contribution in [-0.4, -0.2) is 23.1 Å². The Morgan fingerprint density at radius 2 is 2.29 bits per heavy atom. The van der Waals surface area contributed by atoms with Crippen LogP contribution in [0.25, 0.3) is 0 Å². The molecule has 0 aliphatic rings. The Kier molecular flexibility index (Phi) is 5.44. The number of phenols is 1. The van der Waals surface area contributed by atoms with Crippen molar-refractivity contribution < 1.29 is 14.6 Å². The molecule has 3 nitrogen and oxygen atoms in total. The Balaban J connectivity index is 2.62. The van der Waals surface area contributed by atoms with Crippen LogP contribution in [0.4, 0.5) is 0 Å². The van der Waals surface area contributed by atoms with E-state index in [0.29, 0.717) is 23.5 Å². The number of ether oxygens (including phenoxy) is 1. The zero-order valence-corrected chi connectivity index (χ0v) is 10.6. The van der Waals surface area contributed by atoms with Crippen LogP contribution in [-0.2, 0) is 4.79 Å². The van der Waals surface area contributed by atoms with Gasteiger partial charge in [0.25, 0.3) is 0 Å². The lowest BCUT2D eigenvalue weighted by Gasteiger charge is -2.03. The quantitative estimate of drug-likeness (QED) is 0.661. The second kappa shape index (κ2) is 6.87. The molecule has 0 aromatic heterocycles. The lowest BCUT2D eigenvalue weighted by Crippen LogP contribution is -1.86. The van der Waals surface area contributed by atoms with Gasteiger partial charge in [0.15, 0.2) is 16.6 Å². The van der Waals surface area contributed by atoms with Gasteiger partial charge in [-0.2, -0.15) is 0 Å². The summed E-state index contributed by atoms with van der Waals surface area (Å²) < 4.78 is 4.98. The number of methoxy groups -OCH3 is 1. The van der Waals surface area contributed by atoms with E-state index >= 15 is 0 Å². The van der Waals surface area contributed by atoms with Crippen molar-refractivity contribution in [2.45, 2.75) is 13.3 Å². The molecule has 17 heavy (non-hydrogen) atoms. The second-order valence-corrected chi connectivity index (χ2v) is 4.52. The van der Waals surface area contributed by atoms with Gasteiger partial charge in [-0.25, -0.2) is 0 Å². The van der Waals surface area contributed by atoms with Gasteiger partial charge >= 0.3 is 0 Å². The van der Waals surface area contributed by atoms with Gasteiger partial charge in [0.05, 0.1) is 12.7 Å². The summed E-state index contributed by atoms with van der Waals surface area (Å²) in [5.74, 6) is 6.91. The topological polar surface area (TPSA) is 46.5 Å². The number of thioether (sulfide) groups is 1. The van der Waals surface area contributed by atoms with E-state index in [0.717, 1.165) is 0 Å². The number of para-hydroxylation sites is 1. The minimum absolute atomic E-state index is 0.0571. The van der Waals surface area contributed by atoms with E-state index in [2.05, 4.69) is 11.8 Å². The number of benzene rings is 1. The molecule has 4 heteroatoms. The summed E-state index contributed by atoms with van der Waals surface area (Å²) in [6, 6.07) is 5.17. The third-order valence-corrected chi connectivity index (χ3v) is 2.79. The molecule has 1 aromatic carbocycles. The fraction of sp³-hybridized carbons (Fsp3) is 0.308. The molecule has 0 amide bonds. The largest absolute Gasteiger partial charge is 0.503 e. The molecule has 0 spiro atoms. The predicted molar refractivity (Wildman–Crippen MR) is 69.3 cm³/mol. The maximum Gasteiger partial charge on any atom is 0.185 e. The number of rotatable bonds is 3. The van der Waals surface area contributed by atoms with E-state index < -0.39 is 0 Å². The number of phenolic OH excluding ortho intramolecular Hbond substituents is 1. The predicted octanol–water partition coefficient (Wildman–Crippen LogP) is 2.42. The minimum Gasteiger partial charge on any atom is -0.503 e. The van der Waals surface area contributed by atoms with Crippen LogP contribution in [0.5, 0.6) is 11.5 Å². The van der Waals surface area contributed by atoms with Gasteiger partial charge in [-0.05, 0) is 12.1 Å². The summed E-state index contributed by atoms with van der Waals surface area (Å²) in [4.78, 5) is 10.7. The molecule has 0 saturated carbocycles. The van der Waals surface area contributed by atoms with Crippen LogP contribution in [0, 0.1) is 11.8 Å². The van der Waals surface area contributed by atoms with Crippen molar-refractivity contribution in [2.75, 3.05) is 12.9 Å². The van der Waals surface area contributed by atoms with Crippen LogP contribution >= 0.6 is 11.8 Å². The molecule has 0 fully saturated rings. The highest BCUT2D eigenvalue weighted by Gasteiger charge is 2.03. The van der Waals surface area contributed by atoms with Crippen molar-refractivity contribution in [2.24, 2.45) is 0 Å². The third kappa shape index (κ3) is 4.41. The molecule has 0 bridgehead atoms. The van der Waals surface area contributed by atoms with E-state index in [1.807, 2.05) is 0 Å². The zero-order chi connectivity index (χ0) is 12.7. The van der Waals surface area contributed by atoms with Crippen LogP contribution in [0.3, 0.4) is 0 Å². The smallest absolute Gasteiger partial charge is 0.185 e. The highest BCUT2D eigenvalue weighted by atomic mass is 32.2. The average Bonchev–Trinajstić information content (AvgIpc) is 2.30. The number of hydrogen-bond donors (Lipinski definition) is 1. The van der Waals surface area contributed by atoms with Crippen LogP contribution in [0.2, 0.25) is 0 Å².